The van der Waals surface area contributed by atoms with E-state index in [1.54, 1.807) is 0 Å². The molecule has 4 aromatic carbocycles. The molecule has 0 spiro atoms. The zero-order valence-electron chi connectivity index (χ0n) is 17.4. The Morgan fingerprint density at radius 3 is 1.71 bits per heavy atom. The van der Waals surface area contributed by atoms with E-state index in [2.05, 4.69) is 103 Å². The van der Waals surface area contributed by atoms with Gasteiger partial charge < -0.3 is 0 Å². The Morgan fingerprint density at radius 1 is 0.419 bits per heavy atom. The lowest BCUT2D eigenvalue weighted by Crippen LogP contribution is -1.96. The van der Waals surface area contributed by atoms with Crippen molar-refractivity contribution in [2.75, 3.05) is 0 Å². The standard InChI is InChI=1S/C29H22N2/c1-21-30-28(25-16-10-15-24(19-25)22-11-4-2-5-12-22)20-29(31-21)27-18-9-8-17-26(27)23-13-6-3-7-14-23/h2-20H,1H3. The average Bonchev–Trinajstić information content (AvgIpc) is 2.85. The van der Waals surface area contributed by atoms with E-state index in [1.807, 2.05) is 19.1 Å². The molecule has 0 aliphatic rings. The van der Waals surface area contributed by atoms with Crippen molar-refractivity contribution in [3.05, 3.63) is 121 Å². The molecule has 1 heterocycles. The zero-order chi connectivity index (χ0) is 21.0. The molecule has 0 aliphatic carbocycles. The molecule has 1 aromatic heterocycles. The predicted molar refractivity (Wildman–Crippen MR) is 129 cm³/mol. The van der Waals surface area contributed by atoms with Crippen LogP contribution in [0.25, 0.3) is 44.8 Å². The summed E-state index contributed by atoms with van der Waals surface area (Å²) < 4.78 is 0. The summed E-state index contributed by atoms with van der Waals surface area (Å²) in [7, 11) is 0. The van der Waals surface area contributed by atoms with Gasteiger partial charge in [0.1, 0.15) is 5.82 Å². The van der Waals surface area contributed by atoms with Gasteiger partial charge in [0.15, 0.2) is 0 Å². The molecule has 2 heteroatoms. The first-order valence-electron chi connectivity index (χ1n) is 10.4. The molecule has 0 saturated carbocycles. The van der Waals surface area contributed by atoms with Crippen LogP contribution in [0.1, 0.15) is 5.82 Å². The molecule has 0 bridgehead atoms. The van der Waals surface area contributed by atoms with E-state index in [9.17, 15) is 0 Å². The fourth-order valence-electron chi connectivity index (χ4n) is 3.92. The minimum atomic E-state index is 0.764. The first kappa shape index (κ1) is 19.0. The van der Waals surface area contributed by atoms with Crippen LogP contribution in [0.4, 0.5) is 0 Å². The van der Waals surface area contributed by atoms with E-state index in [-0.39, 0.29) is 0 Å². The minimum absolute atomic E-state index is 0.764. The van der Waals surface area contributed by atoms with Crippen molar-refractivity contribution in [1.29, 1.82) is 0 Å². The van der Waals surface area contributed by atoms with E-state index in [0.717, 1.165) is 28.3 Å². The molecule has 148 valence electrons. The highest BCUT2D eigenvalue weighted by Crippen LogP contribution is 2.33. The Balaban J connectivity index is 1.61. The monoisotopic (exact) mass is 398 g/mol. The van der Waals surface area contributed by atoms with E-state index >= 15 is 0 Å². The maximum absolute atomic E-state index is 4.79. The van der Waals surface area contributed by atoms with Crippen LogP contribution in [0.2, 0.25) is 0 Å². The van der Waals surface area contributed by atoms with Crippen molar-refractivity contribution < 1.29 is 0 Å². The second-order valence-electron chi connectivity index (χ2n) is 7.54. The Labute approximate surface area is 182 Å². The summed E-state index contributed by atoms with van der Waals surface area (Å²) in [6, 6.07) is 39.9. The normalized spacial score (nSPS) is 10.7. The van der Waals surface area contributed by atoms with Gasteiger partial charge in [-0.25, -0.2) is 9.97 Å². The third-order valence-corrected chi connectivity index (χ3v) is 5.39. The van der Waals surface area contributed by atoms with Crippen molar-refractivity contribution in [2.24, 2.45) is 0 Å². The highest BCUT2D eigenvalue weighted by atomic mass is 14.9. The number of hydrogen-bond donors (Lipinski definition) is 0. The SMILES string of the molecule is Cc1nc(-c2cccc(-c3ccccc3)c2)cc(-c2ccccc2-c2ccccc2)n1. The summed E-state index contributed by atoms with van der Waals surface area (Å²) in [5, 5.41) is 0. The summed E-state index contributed by atoms with van der Waals surface area (Å²) in [4.78, 5) is 9.54. The molecule has 0 unspecified atom stereocenters. The third kappa shape index (κ3) is 4.01. The Hall–Kier alpha value is -4.04. The molecule has 0 N–H and O–H groups in total. The molecule has 5 aromatic rings. The van der Waals surface area contributed by atoms with Crippen molar-refractivity contribution in [2.45, 2.75) is 6.92 Å². The van der Waals surface area contributed by atoms with Crippen LogP contribution in [0.5, 0.6) is 0 Å². The molecule has 0 saturated heterocycles. The lowest BCUT2D eigenvalue weighted by molar-refractivity contribution is 1.06. The van der Waals surface area contributed by atoms with Gasteiger partial charge in [0.2, 0.25) is 0 Å². The number of aromatic nitrogens is 2. The number of aryl methyl sites for hydroxylation is 1. The molecule has 2 nitrogen and oxygen atoms in total. The molecule has 31 heavy (non-hydrogen) atoms. The minimum Gasteiger partial charge on any atom is -0.233 e. The van der Waals surface area contributed by atoms with Gasteiger partial charge in [-0.3, -0.25) is 0 Å². The van der Waals surface area contributed by atoms with Crippen molar-refractivity contribution >= 4 is 0 Å². The van der Waals surface area contributed by atoms with Crippen LogP contribution in [0.15, 0.2) is 115 Å². The molecule has 0 radical (unpaired) electrons. The van der Waals surface area contributed by atoms with Gasteiger partial charge in [0.05, 0.1) is 11.4 Å². The van der Waals surface area contributed by atoms with Crippen LogP contribution >= 0.6 is 0 Å². The summed E-state index contributed by atoms with van der Waals surface area (Å²) in [6.45, 7) is 1.96. The van der Waals surface area contributed by atoms with Gasteiger partial charge in [-0.05, 0) is 41.3 Å². The van der Waals surface area contributed by atoms with Crippen LogP contribution < -0.4 is 0 Å². The lowest BCUT2D eigenvalue weighted by atomic mass is 9.96. The Morgan fingerprint density at radius 2 is 0.968 bits per heavy atom. The third-order valence-electron chi connectivity index (χ3n) is 5.39. The molecular weight excluding hydrogens is 376 g/mol. The van der Waals surface area contributed by atoms with Gasteiger partial charge in [0, 0.05) is 11.1 Å². The maximum Gasteiger partial charge on any atom is 0.126 e. The van der Waals surface area contributed by atoms with Crippen molar-refractivity contribution in [3.8, 4) is 44.8 Å². The fourth-order valence-corrected chi connectivity index (χ4v) is 3.92. The van der Waals surface area contributed by atoms with E-state index in [1.165, 1.54) is 22.3 Å². The molecule has 5 rings (SSSR count). The second-order valence-corrected chi connectivity index (χ2v) is 7.54. The van der Waals surface area contributed by atoms with Gasteiger partial charge >= 0.3 is 0 Å². The van der Waals surface area contributed by atoms with Crippen molar-refractivity contribution in [1.82, 2.24) is 9.97 Å². The maximum atomic E-state index is 4.79. The van der Waals surface area contributed by atoms with Crippen LogP contribution in [-0.2, 0) is 0 Å². The Kier molecular flexibility index (Phi) is 5.12. The molecule has 0 atom stereocenters. The highest BCUT2D eigenvalue weighted by molar-refractivity contribution is 5.83. The summed E-state index contributed by atoms with van der Waals surface area (Å²) >= 11 is 0. The van der Waals surface area contributed by atoms with Crippen molar-refractivity contribution in [3.63, 3.8) is 0 Å². The Bertz CT molecular complexity index is 1330. The quantitative estimate of drug-likeness (QED) is 0.314. The summed E-state index contributed by atoms with van der Waals surface area (Å²) in [6.07, 6.45) is 0. The smallest absolute Gasteiger partial charge is 0.126 e. The first-order valence-corrected chi connectivity index (χ1v) is 10.4. The van der Waals surface area contributed by atoms with E-state index < -0.39 is 0 Å². The van der Waals surface area contributed by atoms with Gasteiger partial charge in [0.25, 0.3) is 0 Å². The number of nitrogens with zero attached hydrogens (tertiary/aromatic N) is 2. The van der Waals surface area contributed by atoms with Gasteiger partial charge in [-0.15, -0.1) is 0 Å². The predicted octanol–water partition coefficient (Wildman–Crippen LogP) is 7.45. The van der Waals surface area contributed by atoms with Crippen LogP contribution in [0, 0.1) is 6.92 Å². The molecule has 0 amide bonds. The number of benzene rings is 4. The summed E-state index contributed by atoms with van der Waals surface area (Å²) in [5.41, 5.74) is 8.80. The van der Waals surface area contributed by atoms with E-state index in [0.29, 0.717) is 0 Å². The van der Waals surface area contributed by atoms with Crippen LogP contribution in [0.3, 0.4) is 0 Å². The summed E-state index contributed by atoms with van der Waals surface area (Å²) in [5.74, 6) is 0.764. The van der Waals surface area contributed by atoms with E-state index in [4.69, 9.17) is 9.97 Å². The lowest BCUT2D eigenvalue weighted by Gasteiger charge is -2.12. The highest BCUT2D eigenvalue weighted by Gasteiger charge is 2.12. The molecule has 0 aliphatic heterocycles. The van der Waals surface area contributed by atoms with Crippen LogP contribution in [-0.4, -0.2) is 9.97 Å². The number of rotatable bonds is 4. The average molecular weight is 399 g/mol. The molecular formula is C29H22N2. The zero-order valence-corrected chi connectivity index (χ0v) is 17.4. The fraction of sp³-hybridized carbons (Fsp3) is 0.0345. The topological polar surface area (TPSA) is 25.8 Å². The van der Waals surface area contributed by atoms with Gasteiger partial charge in [-0.2, -0.15) is 0 Å². The first-order chi connectivity index (χ1) is 15.3. The number of hydrogen-bond acceptors (Lipinski definition) is 2. The molecule has 0 fully saturated rings. The largest absolute Gasteiger partial charge is 0.233 e. The van der Waals surface area contributed by atoms with Gasteiger partial charge in [-0.1, -0.05) is 103 Å². The second kappa shape index (κ2) is 8.37.